The van der Waals surface area contributed by atoms with Crippen LogP contribution in [-0.2, 0) is 4.79 Å². The van der Waals surface area contributed by atoms with Crippen molar-refractivity contribution in [3.05, 3.63) is 35.9 Å². The number of nitrogens with zero attached hydrogens (tertiary/aromatic N) is 1. The molecule has 5 nitrogen and oxygen atoms in total. The van der Waals surface area contributed by atoms with Crippen molar-refractivity contribution >= 4 is 23.8 Å². The van der Waals surface area contributed by atoms with Crippen molar-refractivity contribution in [2.45, 2.75) is 6.42 Å². The Bertz CT molecular complexity index is 497. The number of carbonyl (C=O) groups excluding carboxylic acids is 1. The number of carboxylic acid groups (broad SMARTS) is 1. The Kier molecular flexibility index (Phi) is 3.62. The summed E-state index contributed by atoms with van der Waals surface area (Å²) < 4.78 is 0. The van der Waals surface area contributed by atoms with Crippen LogP contribution >= 0.6 is 0 Å². The molecule has 0 atom stereocenters. The van der Waals surface area contributed by atoms with Gasteiger partial charge in [0.25, 0.3) is 0 Å². The van der Waals surface area contributed by atoms with E-state index in [1.807, 2.05) is 6.07 Å². The monoisotopic (exact) mass is 246 g/mol. The van der Waals surface area contributed by atoms with E-state index in [-0.39, 0.29) is 6.03 Å². The molecule has 2 amide bonds. The van der Waals surface area contributed by atoms with Gasteiger partial charge in [-0.3, -0.25) is 4.90 Å². The van der Waals surface area contributed by atoms with E-state index < -0.39 is 5.97 Å². The molecule has 1 saturated heterocycles. The van der Waals surface area contributed by atoms with Crippen LogP contribution in [0.15, 0.2) is 30.3 Å². The SMILES string of the molecule is O=C(O)/C=C/c1cccc(N2CCCNC2=O)c1. The molecule has 1 aromatic carbocycles. The summed E-state index contributed by atoms with van der Waals surface area (Å²) in [5.41, 5.74) is 1.54. The third-order valence-corrected chi connectivity index (χ3v) is 2.68. The topological polar surface area (TPSA) is 69.6 Å². The molecule has 0 bridgehead atoms. The quantitative estimate of drug-likeness (QED) is 0.797. The van der Waals surface area contributed by atoms with Gasteiger partial charge in [-0.15, -0.1) is 0 Å². The minimum atomic E-state index is -0.990. The van der Waals surface area contributed by atoms with Gasteiger partial charge in [-0.2, -0.15) is 0 Å². The first-order valence-corrected chi connectivity index (χ1v) is 5.73. The van der Waals surface area contributed by atoms with Crippen LogP contribution in [0, 0.1) is 0 Å². The zero-order chi connectivity index (χ0) is 13.0. The van der Waals surface area contributed by atoms with Crippen molar-refractivity contribution < 1.29 is 14.7 Å². The fraction of sp³-hybridized carbons (Fsp3) is 0.231. The molecule has 0 radical (unpaired) electrons. The summed E-state index contributed by atoms with van der Waals surface area (Å²) in [6.45, 7) is 1.38. The zero-order valence-electron chi connectivity index (χ0n) is 9.80. The van der Waals surface area contributed by atoms with Gasteiger partial charge in [0.2, 0.25) is 0 Å². The fourth-order valence-electron chi connectivity index (χ4n) is 1.84. The molecular weight excluding hydrogens is 232 g/mol. The number of amides is 2. The van der Waals surface area contributed by atoms with Gasteiger partial charge in [-0.25, -0.2) is 9.59 Å². The van der Waals surface area contributed by atoms with E-state index in [2.05, 4.69) is 5.32 Å². The van der Waals surface area contributed by atoms with E-state index in [1.54, 1.807) is 23.1 Å². The van der Waals surface area contributed by atoms with E-state index in [9.17, 15) is 9.59 Å². The Hall–Kier alpha value is -2.30. The highest BCUT2D eigenvalue weighted by Gasteiger charge is 2.18. The first-order valence-electron chi connectivity index (χ1n) is 5.73. The molecule has 1 fully saturated rings. The maximum Gasteiger partial charge on any atom is 0.328 e. The number of hydrogen-bond donors (Lipinski definition) is 2. The van der Waals surface area contributed by atoms with Crippen LogP contribution in [0.4, 0.5) is 10.5 Å². The molecule has 2 N–H and O–H groups in total. The average Bonchev–Trinajstić information content (AvgIpc) is 2.37. The molecule has 0 unspecified atom stereocenters. The van der Waals surface area contributed by atoms with Gasteiger partial charge in [0, 0.05) is 24.9 Å². The largest absolute Gasteiger partial charge is 0.478 e. The second-order valence-electron chi connectivity index (χ2n) is 4.00. The number of urea groups is 1. The lowest BCUT2D eigenvalue weighted by Crippen LogP contribution is -2.46. The predicted octanol–water partition coefficient (Wildman–Crippen LogP) is 1.70. The Morgan fingerprint density at radius 1 is 1.44 bits per heavy atom. The molecule has 0 saturated carbocycles. The van der Waals surface area contributed by atoms with E-state index in [0.29, 0.717) is 13.1 Å². The highest BCUT2D eigenvalue weighted by molar-refractivity contribution is 5.93. The van der Waals surface area contributed by atoms with Gasteiger partial charge in [0.05, 0.1) is 0 Å². The molecule has 2 rings (SSSR count). The number of carboxylic acids is 1. The van der Waals surface area contributed by atoms with Crippen LogP contribution in [0.3, 0.4) is 0 Å². The van der Waals surface area contributed by atoms with Crippen molar-refractivity contribution in [2.24, 2.45) is 0 Å². The van der Waals surface area contributed by atoms with E-state index in [4.69, 9.17) is 5.11 Å². The smallest absolute Gasteiger partial charge is 0.328 e. The summed E-state index contributed by atoms with van der Waals surface area (Å²) in [6.07, 6.45) is 3.49. The second kappa shape index (κ2) is 5.35. The van der Waals surface area contributed by atoms with Gasteiger partial charge in [0.1, 0.15) is 0 Å². The summed E-state index contributed by atoms with van der Waals surface area (Å²) in [5, 5.41) is 11.3. The van der Waals surface area contributed by atoms with Crippen LogP contribution < -0.4 is 10.2 Å². The Labute approximate surface area is 105 Å². The molecule has 1 aromatic rings. The van der Waals surface area contributed by atoms with Crippen LogP contribution in [0.5, 0.6) is 0 Å². The van der Waals surface area contributed by atoms with E-state index >= 15 is 0 Å². The molecule has 18 heavy (non-hydrogen) atoms. The van der Waals surface area contributed by atoms with Crippen molar-refractivity contribution in [1.82, 2.24) is 5.32 Å². The van der Waals surface area contributed by atoms with Crippen molar-refractivity contribution in [2.75, 3.05) is 18.0 Å². The predicted molar refractivity (Wildman–Crippen MR) is 68.5 cm³/mol. The third kappa shape index (κ3) is 2.88. The number of nitrogens with one attached hydrogen (secondary N) is 1. The van der Waals surface area contributed by atoms with Crippen LogP contribution in [0.25, 0.3) is 6.08 Å². The van der Waals surface area contributed by atoms with Crippen molar-refractivity contribution in [3.63, 3.8) is 0 Å². The maximum atomic E-state index is 11.7. The normalized spacial score (nSPS) is 15.8. The third-order valence-electron chi connectivity index (χ3n) is 2.68. The summed E-state index contributed by atoms with van der Waals surface area (Å²) in [4.78, 5) is 23.8. The second-order valence-corrected chi connectivity index (χ2v) is 4.00. The molecule has 5 heteroatoms. The molecule has 0 aliphatic carbocycles. The lowest BCUT2D eigenvalue weighted by atomic mass is 10.1. The lowest BCUT2D eigenvalue weighted by molar-refractivity contribution is -0.131. The number of carbonyl (C=O) groups is 2. The van der Waals surface area contributed by atoms with E-state index in [0.717, 1.165) is 23.7 Å². The summed E-state index contributed by atoms with van der Waals surface area (Å²) >= 11 is 0. The Morgan fingerprint density at radius 2 is 2.28 bits per heavy atom. The minimum Gasteiger partial charge on any atom is -0.478 e. The maximum absolute atomic E-state index is 11.7. The zero-order valence-corrected chi connectivity index (χ0v) is 9.80. The Balaban J connectivity index is 2.21. The number of anilines is 1. The molecule has 0 aromatic heterocycles. The van der Waals surface area contributed by atoms with Gasteiger partial charge in [-0.1, -0.05) is 12.1 Å². The fourth-order valence-corrected chi connectivity index (χ4v) is 1.84. The Morgan fingerprint density at radius 3 is 3.00 bits per heavy atom. The number of rotatable bonds is 3. The first kappa shape index (κ1) is 12.2. The molecule has 1 aliphatic rings. The van der Waals surface area contributed by atoms with Crippen LogP contribution in [0.2, 0.25) is 0 Å². The van der Waals surface area contributed by atoms with Crippen molar-refractivity contribution in [3.8, 4) is 0 Å². The minimum absolute atomic E-state index is 0.111. The van der Waals surface area contributed by atoms with Crippen molar-refractivity contribution in [1.29, 1.82) is 0 Å². The standard InChI is InChI=1S/C13H14N2O3/c16-12(17)6-5-10-3-1-4-11(9-10)15-8-2-7-14-13(15)18/h1,3-6,9H,2,7-8H2,(H,14,18)(H,16,17)/b6-5+. The van der Waals surface area contributed by atoms with Crippen LogP contribution in [0.1, 0.15) is 12.0 Å². The summed E-state index contributed by atoms with van der Waals surface area (Å²) in [7, 11) is 0. The van der Waals surface area contributed by atoms with Gasteiger partial charge in [0.15, 0.2) is 0 Å². The average molecular weight is 246 g/mol. The number of benzene rings is 1. The number of aliphatic carboxylic acids is 1. The number of hydrogen-bond acceptors (Lipinski definition) is 2. The van der Waals surface area contributed by atoms with Crippen LogP contribution in [-0.4, -0.2) is 30.2 Å². The molecule has 1 heterocycles. The van der Waals surface area contributed by atoms with Gasteiger partial charge < -0.3 is 10.4 Å². The van der Waals surface area contributed by atoms with Gasteiger partial charge in [-0.05, 0) is 30.2 Å². The molecular formula is C13H14N2O3. The molecule has 94 valence electrons. The first-order chi connectivity index (χ1) is 8.66. The summed E-state index contributed by atoms with van der Waals surface area (Å²) in [5.74, 6) is -0.990. The highest BCUT2D eigenvalue weighted by atomic mass is 16.4. The van der Waals surface area contributed by atoms with E-state index in [1.165, 1.54) is 6.08 Å². The highest BCUT2D eigenvalue weighted by Crippen LogP contribution is 2.19. The summed E-state index contributed by atoms with van der Waals surface area (Å²) in [6, 6.07) is 7.12. The molecule has 0 spiro atoms. The van der Waals surface area contributed by atoms with Gasteiger partial charge >= 0.3 is 12.0 Å². The molecule has 1 aliphatic heterocycles. The lowest BCUT2D eigenvalue weighted by Gasteiger charge is -2.27.